The molecule has 0 spiro atoms. The average Bonchev–Trinajstić information content (AvgIpc) is 2.94. The molecule has 0 N–H and O–H groups in total. The molecule has 1 aromatic carbocycles. The second-order valence-electron chi connectivity index (χ2n) is 5.81. The molecule has 1 atom stereocenters. The van der Waals surface area contributed by atoms with Gasteiger partial charge in [0.05, 0.1) is 6.10 Å². The molecule has 2 rings (SSSR count). The van der Waals surface area contributed by atoms with Gasteiger partial charge in [-0.2, -0.15) is 0 Å². The van der Waals surface area contributed by atoms with Crippen LogP contribution in [0.2, 0.25) is 0 Å². The molecule has 0 aromatic heterocycles. The van der Waals surface area contributed by atoms with Crippen molar-refractivity contribution in [2.24, 2.45) is 0 Å². The van der Waals surface area contributed by atoms with Crippen LogP contribution in [0.3, 0.4) is 0 Å². The van der Waals surface area contributed by atoms with Gasteiger partial charge in [0.2, 0.25) is 0 Å². The highest BCUT2D eigenvalue weighted by Gasteiger charge is 2.18. The third-order valence-corrected chi connectivity index (χ3v) is 4.33. The fourth-order valence-electron chi connectivity index (χ4n) is 3.09. The smallest absolute Gasteiger partial charge is 0.197 e. The summed E-state index contributed by atoms with van der Waals surface area (Å²) >= 11 is 0. The van der Waals surface area contributed by atoms with E-state index in [4.69, 9.17) is 9.47 Å². The van der Waals surface area contributed by atoms with Crippen molar-refractivity contribution in [2.45, 2.75) is 77.6 Å². The molecule has 2 nitrogen and oxygen atoms in total. The first kappa shape index (κ1) is 15.4. The van der Waals surface area contributed by atoms with Gasteiger partial charge in [0.1, 0.15) is 5.75 Å². The second-order valence-corrected chi connectivity index (χ2v) is 5.81. The summed E-state index contributed by atoms with van der Waals surface area (Å²) in [5.74, 6) is 1.57. The Morgan fingerprint density at radius 2 is 1.65 bits per heavy atom. The van der Waals surface area contributed by atoms with Crippen LogP contribution in [0.15, 0.2) is 24.3 Å². The summed E-state index contributed by atoms with van der Waals surface area (Å²) in [5, 5.41) is 0. The molecule has 20 heavy (non-hydrogen) atoms. The quantitative estimate of drug-likeness (QED) is 0.631. The summed E-state index contributed by atoms with van der Waals surface area (Å²) in [4.78, 5) is 0. The van der Waals surface area contributed by atoms with Crippen molar-refractivity contribution in [1.82, 2.24) is 0 Å². The van der Waals surface area contributed by atoms with E-state index in [1.165, 1.54) is 44.1 Å². The van der Waals surface area contributed by atoms with Crippen LogP contribution in [-0.2, 0) is 4.74 Å². The average molecular weight is 276 g/mol. The van der Waals surface area contributed by atoms with Gasteiger partial charge in [-0.3, -0.25) is 0 Å². The van der Waals surface area contributed by atoms with Crippen molar-refractivity contribution in [3.8, 4) is 5.75 Å². The Hall–Kier alpha value is -1.02. The van der Waals surface area contributed by atoms with Gasteiger partial charge < -0.3 is 9.47 Å². The van der Waals surface area contributed by atoms with E-state index in [9.17, 15) is 0 Å². The number of benzene rings is 1. The summed E-state index contributed by atoms with van der Waals surface area (Å²) in [6, 6.07) is 8.52. The summed E-state index contributed by atoms with van der Waals surface area (Å²) in [7, 11) is 0. The van der Waals surface area contributed by atoms with Crippen LogP contribution in [0, 0.1) is 0 Å². The van der Waals surface area contributed by atoms with Crippen molar-refractivity contribution in [3.63, 3.8) is 0 Å². The van der Waals surface area contributed by atoms with E-state index in [1.807, 2.05) is 6.92 Å². The highest BCUT2D eigenvalue weighted by atomic mass is 16.7. The normalized spacial score (nSPS) is 17.6. The van der Waals surface area contributed by atoms with E-state index >= 15 is 0 Å². The zero-order chi connectivity index (χ0) is 14.4. The zero-order valence-electron chi connectivity index (χ0n) is 13.1. The first-order valence-corrected chi connectivity index (χ1v) is 8.15. The standard InChI is InChI=1S/C18H28O2/c1-4-15(5-2)16-10-12-18(13-11-16)20-14(3)19-17-8-6-7-9-17/h10-15,17H,4-9H2,1-3H3. The summed E-state index contributed by atoms with van der Waals surface area (Å²) in [6.45, 7) is 6.49. The lowest BCUT2D eigenvalue weighted by atomic mass is 9.94. The predicted octanol–water partition coefficient (Wildman–Crippen LogP) is 5.27. The molecular formula is C18H28O2. The van der Waals surface area contributed by atoms with Crippen LogP contribution in [0.1, 0.15) is 70.8 Å². The summed E-state index contributed by atoms with van der Waals surface area (Å²) in [6.07, 6.45) is 7.58. The molecule has 0 amide bonds. The number of hydrogen-bond donors (Lipinski definition) is 0. The van der Waals surface area contributed by atoms with Crippen molar-refractivity contribution in [2.75, 3.05) is 0 Å². The number of rotatable bonds is 7. The Balaban J connectivity index is 1.86. The molecule has 0 aliphatic heterocycles. The third kappa shape index (κ3) is 4.24. The maximum Gasteiger partial charge on any atom is 0.197 e. The molecule has 112 valence electrons. The Labute approximate surface area is 123 Å². The molecule has 1 fully saturated rings. The Kier molecular flexibility index (Phi) is 5.90. The van der Waals surface area contributed by atoms with Crippen molar-refractivity contribution in [3.05, 3.63) is 29.8 Å². The van der Waals surface area contributed by atoms with Gasteiger partial charge in [-0.05, 0) is 56.2 Å². The van der Waals surface area contributed by atoms with Crippen LogP contribution in [0.25, 0.3) is 0 Å². The maximum absolute atomic E-state index is 5.91. The molecule has 0 bridgehead atoms. The largest absolute Gasteiger partial charge is 0.465 e. The lowest BCUT2D eigenvalue weighted by molar-refractivity contribution is -0.104. The van der Waals surface area contributed by atoms with Gasteiger partial charge in [0.25, 0.3) is 0 Å². The first-order chi connectivity index (χ1) is 9.72. The maximum atomic E-state index is 5.91. The fraction of sp³-hybridized carbons (Fsp3) is 0.667. The molecule has 2 heteroatoms. The predicted molar refractivity (Wildman–Crippen MR) is 83.2 cm³/mol. The monoisotopic (exact) mass is 276 g/mol. The summed E-state index contributed by atoms with van der Waals surface area (Å²) in [5.41, 5.74) is 1.41. The molecule has 1 aliphatic rings. The minimum Gasteiger partial charge on any atom is -0.465 e. The Bertz CT molecular complexity index is 375. The van der Waals surface area contributed by atoms with Crippen LogP contribution in [0.5, 0.6) is 5.75 Å². The van der Waals surface area contributed by atoms with E-state index in [0.717, 1.165) is 5.75 Å². The number of hydrogen-bond acceptors (Lipinski definition) is 2. The van der Waals surface area contributed by atoms with Crippen LogP contribution in [-0.4, -0.2) is 12.4 Å². The van der Waals surface area contributed by atoms with Gasteiger partial charge in [0, 0.05) is 0 Å². The minimum atomic E-state index is -0.155. The summed E-state index contributed by atoms with van der Waals surface area (Å²) < 4.78 is 11.8. The molecular weight excluding hydrogens is 248 g/mol. The lowest BCUT2D eigenvalue weighted by Crippen LogP contribution is -2.22. The highest BCUT2D eigenvalue weighted by molar-refractivity contribution is 5.29. The van der Waals surface area contributed by atoms with E-state index < -0.39 is 0 Å². The molecule has 1 saturated carbocycles. The molecule has 0 heterocycles. The first-order valence-electron chi connectivity index (χ1n) is 8.15. The molecule has 0 radical (unpaired) electrons. The Morgan fingerprint density at radius 3 is 2.20 bits per heavy atom. The van der Waals surface area contributed by atoms with E-state index in [0.29, 0.717) is 12.0 Å². The van der Waals surface area contributed by atoms with Crippen molar-refractivity contribution < 1.29 is 9.47 Å². The number of ether oxygens (including phenoxy) is 2. The van der Waals surface area contributed by atoms with E-state index in [2.05, 4.69) is 38.1 Å². The minimum absolute atomic E-state index is 0.155. The van der Waals surface area contributed by atoms with Gasteiger partial charge in [-0.25, -0.2) is 0 Å². The fourth-order valence-corrected chi connectivity index (χ4v) is 3.09. The van der Waals surface area contributed by atoms with Gasteiger partial charge in [-0.15, -0.1) is 0 Å². The van der Waals surface area contributed by atoms with E-state index in [1.54, 1.807) is 0 Å². The molecule has 1 aliphatic carbocycles. The van der Waals surface area contributed by atoms with Crippen LogP contribution in [0.4, 0.5) is 0 Å². The van der Waals surface area contributed by atoms with E-state index in [-0.39, 0.29) is 6.29 Å². The SMILES string of the molecule is CCC(CC)c1ccc(OC(C)OC2CCCC2)cc1. The van der Waals surface area contributed by atoms with Crippen LogP contribution < -0.4 is 4.74 Å². The highest BCUT2D eigenvalue weighted by Crippen LogP contribution is 2.26. The molecule has 0 saturated heterocycles. The molecule has 1 unspecified atom stereocenters. The third-order valence-electron chi connectivity index (χ3n) is 4.33. The van der Waals surface area contributed by atoms with Crippen LogP contribution >= 0.6 is 0 Å². The van der Waals surface area contributed by atoms with Crippen molar-refractivity contribution in [1.29, 1.82) is 0 Å². The topological polar surface area (TPSA) is 18.5 Å². The van der Waals surface area contributed by atoms with Gasteiger partial charge >= 0.3 is 0 Å². The van der Waals surface area contributed by atoms with Gasteiger partial charge in [-0.1, -0.05) is 38.8 Å². The Morgan fingerprint density at radius 1 is 1.05 bits per heavy atom. The lowest BCUT2D eigenvalue weighted by Gasteiger charge is -2.20. The van der Waals surface area contributed by atoms with Crippen molar-refractivity contribution >= 4 is 0 Å². The molecule has 1 aromatic rings. The zero-order valence-corrected chi connectivity index (χ0v) is 13.1. The van der Waals surface area contributed by atoms with Gasteiger partial charge in [0.15, 0.2) is 6.29 Å². The second kappa shape index (κ2) is 7.68.